The van der Waals surface area contributed by atoms with Crippen molar-refractivity contribution in [1.29, 1.82) is 0 Å². The lowest BCUT2D eigenvalue weighted by Crippen LogP contribution is -2.52. The van der Waals surface area contributed by atoms with Crippen LogP contribution < -0.4 is 5.32 Å². The highest BCUT2D eigenvalue weighted by molar-refractivity contribution is 5.74. The Morgan fingerprint density at radius 2 is 2.12 bits per heavy atom. The van der Waals surface area contributed by atoms with Gasteiger partial charge in [0.05, 0.1) is 25.9 Å². The molecule has 0 aromatic carbocycles. The molecule has 0 aromatic rings. The molecule has 138 valence electrons. The molecule has 1 unspecified atom stereocenters. The van der Waals surface area contributed by atoms with Crippen LogP contribution in [0, 0.1) is 11.3 Å². The van der Waals surface area contributed by atoms with Gasteiger partial charge in [-0.25, -0.2) is 4.79 Å². The molecule has 3 aliphatic rings. The van der Waals surface area contributed by atoms with E-state index in [9.17, 15) is 4.79 Å². The first kappa shape index (κ1) is 18.0. The third-order valence-corrected chi connectivity index (χ3v) is 5.47. The minimum Gasteiger partial charge on any atom is -0.379 e. The molecule has 1 spiro atoms. The van der Waals surface area contributed by atoms with Crippen LogP contribution in [0.3, 0.4) is 0 Å². The van der Waals surface area contributed by atoms with Crippen molar-refractivity contribution >= 4 is 6.03 Å². The number of ether oxygens (including phenoxy) is 2. The zero-order valence-electron chi connectivity index (χ0n) is 15.3. The molecule has 2 amide bonds. The van der Waals surface area contributed by atoms with Crippen molar-refractivity contribution in [3.05, 3.63) is 0 Å². The summed E-state index contributed by atoms with van der Waals surface area (Å²) in [6, 6.07) is 0.0383. The van der Waals surface area contributed by atoms with Crippen LogP contribution in [0.25, 0.3) is 0 Å². The first-order chi connectivity index (χ1) is 11.6. The number of carbonyl (C=O) groups is 1. The fraction of sp³-hybridized carbons (Fsp3) is 0.944. The van der Waals surface area contributed by atoms with Crippen molar-refractivity contribution in [2.24, 2.45) is 11.3 Å². The van der Waals surface area contributed by atoms with Crippen molar-refractivity contribution in [3.8, 4) is 0 Å². The minimum absolute atomic E-state index is 0.0383. The summed E-state index contributed by atoms with van der Waals surface area (Å²) in [5.74, 6) is 0.661. The van der Waals surface area contributed by atoms with E-state index in [4.69, 9.17) is 9.47 Å². The zero-order chi connectivity index (χ0) is 17.0. The Bertz CT molecular complexity index is 426. The Balaban J connectivity index is 1.44. The van der Waals surface area contributed by atoms with Crippen molar-refractivity contribution in [2.45, 2.75) is 39.2 Å². The summed E-state index contributed by atoms with van der Waals surface area (Å²) >= 11 is 0. The molecule has 6 heteroatoms. The number of hydrogen-bond acceptors (Lipinski definition) is 4. The van der Waals surface area contributed by atoms with Gasteiger partial charge >= 0.3 is 6.03 Å². The standard InChI is InChI=1S/C18H33N3O3/c1-15(2)11-20-6-9-24-16(12-20)10-19-17(22)21-7-8-23-14-18(13-21)4-3-5-18/h15-16H,3-14H2,1-2H3,(H,19,22). The number of hydrogen-bond donors (Lipinski definition) is 1. The molecule has 0 radical (unpaired) electrons. The molecular formula is C18H33N3O3. The van der Waals surface area contributed by atoms with Gasteiger partial charge in [-0.05, 0) is 18.8 Å². The maximum Gasteiger partial charge on any atom is 0.317 e. The van der Waals surface area contributed by atoms with E-state index in [1.54, 1.807) is 0 Å². The first-order valence-corrected chi connectivity index (χ1v) is 9.51. The van der Waals surface area contributed by atoms with Gasteiger partial charge in [0.15, 0.2) is 0 Å². The molecule has 24 heavy (non-hydrogen) atoms. The summed E-state index contributed by atoms with van der Waals surface area (Å²) in [5, 5.41) is 3.09. The SMILES string of the molecule is CC(C)CN1CCOC(CNC(=O)N2CCOCC3(CCC3)C2)C1. The van der Waals surface area contributed by atoms with E-state index in [0.717, 1.165) is 39.4 Å². The molecule has 0 aromatic heterocycles. The van der Waals surface area contributed by atoms with Gasteiger partial charge in [-0.15, -0.1) is 0 Å². The molecule has 1 aliphatic carbocycles. The van der Waals surface area contributed by atoms with Gasteiger partial charge in [0.25, 0.3) is 0 Å². The van der Waals surface area contributed by atoms with Crippen LogP contribution in [0.1, 0.15) is 33.1 Å². The quantitative estimate of drug-likeness (QED) is 0.844. The second kappa shape index (κ2) is 8.02. The number of urea groups is 1. The fourth-order valence-corrected chi connectivity index (χ4v) is 4.04. The molecule has 3 fully saturated rings. The van der Waals surface area contributed by atoms with Gasteiger partial charge in [-0.1, -0.05) is 20.3 Å². The van der Waals surface area contributed by atoms with Crippen LogP contribution >= 0.6 is 0 Å². The summed E-state index contributed by atoms with van der Waals surface area (Å²) in [5.41, 5.74) is 0.225. The lowest BCUT2D eigenvalue weighted by atomic mass is 9.69. The van der Waals surface area contributed by atoms with E-state index < -0.39 is 0 Å². The first-order valence-electron chi connectivity index (χ1n) is 9.51. The zero-order valence-corrected chi connectivity index (χ0v) is 15.3. The molecule has 2 aliphatic heterocycles. The predicted molar refractivity (Wildman–Crippen MR) is 93.1 cm³/mol. The van der Waals surface area contributed by atoms with E-state index in [1.807, 2.05) is 4.90 Å². The average Bonchev–Trinajstić information content (AvgIpc) is 2.75. The number of nitrogens with zero attached hydrogens (tertiary/aromatic N) is 2. The van der Waals surface area contributed by atoms with Crippen LogP contribution in [-0.2, 0) is 9.47 Å². The largest absolute Gasteiger partial charge is 0.379 e. The van der Waals surface area contributed by atoms with Crippen molar-refractivity contribution in [2.75, 3.05) is 59.1 Å². The van der Waals surface area contributed by atoms with E-state index in [-0.39, 0.29) is 17.6 Å². The van der Waals surface area contributed by atoms with Gasteiger partial charge < -0.3 is 19.7 Å². The molecular weight excluding hydrogens is 306 g/mol. The van der Waals surface area contributed by atoms with E-state index in [1.165, 1.54) is 19.3 Å². The lowest BCUT2D eigenvalue weighted by Gasteiger charge is -2.42. The van der Waals surface area contributed by atoms with E-state index in [0.29, 0.717) is 25.6 Å². The molecule has 2 heterocycles. The summed E-state index contributed by atoms with van der Waals surface area (Å²) in [4.78, 5) is 17.0. The number of morpholine rings is 1. The second-order valence-electron chi connectivity index (χ2n) is 8.16. The van der Waals surface area contributed by atoms with Crippen LogP contribution in [-0.4, -0.2) is 81.0 Å². The monoisotopic (exact) mass is 339 g/mol. The van der Waals surface area contributed by atoms with Crippen molar-refractivity contribution in [1.82, 2.24) is 15.1 Å². The van der Waals surface area contributed by atoms with Crippen molar-refractivity contribution in [3.63, 3.8) is 0 Å². The van der Waals surface area contributed by atoms with Crippen LogP contribution in [0.2, 0.25) is 0 Å². The summed E-state index contributed by atoms with van der Waals surface area (Å²) < 4.78 is 11.6. The Kier molecular flexibility index (Phi) is 6.00. The maximum absolute atomic E-state index is 12.6. The summed E-state index contributed by atoms with van der Waals surface area (Å²) in [6.45, 7) is 11.8. The maximum atomic E-state index is 12.6. The Morgan fingerprint density at radius 1 is 1.29 bits per heavy atom. The number of amides is 2. The Morgan fingerprint density at radius 3 is 2.83 bits per heavy atom. The lowest BCUT2D eigenvalue weighted by molar-refractivity contribution is -0.0296. The van der Waals surface area contributed by atoms with Crippen LogP contribution in [0.4, 0.5) is 4.79 Å². The topological polar surface area (TPSA) is 54.0 Å². The highest BCUT2D eigenvalue weighted by Crippen LogP contribution is 2.42. The number of nitrogens with one attached hydrogen (secondary N) is 1. The predicted octanol–water partition coefficient (Wildman–Crippen LogP) is 1.56. The smallest absolute Gasteiger partial charge is 0.317 e. The summed E-state index contributed by atoms with van der Waals surface area (Å²) in [6.07, 6.45) is 3.74. The van der Waals surface area contributed by atoms with Gasteiger partial charge in [-0.2, -0.15) is 0 Å². The average molecular weight is 339 g/mol. The van der Waals surface area contributed by atoms with Crippen LogP contribution in [0.15, 0.2) is 0 Å². The molecule has 2 saturated heterocycles. The Hall–Kier alpha value is -0.850. The van der Waals surface area contributed by atoms with Crippen LogP contribution in [0.5, 0.6) is 0 Å². The summed E-state index contributed by atoms with van der Waals surface area (Å²) in [7, 11) is 0. The number of carbonyl (C=O) groups excluding carboxylic acids is 1. The number of rotatable bonds is 4. The molecule has 0 bridgehead atoms. The Labute approximate surface area is 145 Å². The normalized spacial score (nSPS) is 27.8. The molecule has 3 rings (SSSR count). The van der Waals surface area contributed by atoms with Gasteiger partial charge in [-0.3, -0.25) is 4.90 Å². The van der Waals surface area contributed by atoms with Gasteiger partial charge in [0.2, 0.25) is 0 Å². The van der Waals surface area contributed by atoms with Gasteiger partial charge in [0, 0.05) is 44.7 Å². The second-order valence-corrected chi connectivity index (χ2v) is 8.16. The third kappa shape index (κ3) is 4.61. The molecule has 6 nitrogen and oxygen atoms in total. The molecule has 1 saturated carbocycles. The third-order valence-electron chi connectivity index (χ3n) is 5.47. The minimum atomic E-state index is 0.0383. The van der Waals surface area contributed by atoms with E-state index >= 15 is 0 Å². The molecule has 1 N–H and O–H groups in total. The molecule has 1 atom stereocenters. The van der Waals surface area contributed by atoms with Crippen molar-refractivity contribution < 1.29 is 14.3 Å². The van der Waals surface area contributed by atoms with Gasteiger partial charge in [0.1, 0.15) is 0 Å². The van der Waals surface area contributed by atoms with E-state index in [2.05, 4.69) is 24.1 Å². The fourth-order valence-electron chi connectivity index (χ4n) is 4.04. The highest BCUT2D eigenvalue weighted by atomic mass is 16.5. The highest BCUT2D eigenvalue weighted by Gasteiger charge is 2.41.